The van der Waals surface area contributed by atoms with Crippen molar-refractivity contribution in [1.29, 1.82) is 0 Å². The largest absolute Gasteiger partial charge is 0.465 e. The minimum Gasteiger partial charge on any atom is -0.465 e. The SMILES string of the molecule is COC(=O)c1cc([N+](=O)[O-])cc2c1-c1c(cc([N+](=O)[O-])cc1[N+](=O)[O-])C2=C1SC(C)=C(C)S1. The van der Waals surface area contributed by atoms with E-state index in [4.69, 9.17) is 4.74 Å². The fourth-order valence-corrected chi connectivity index (χ4v) is 6.35. The topological polar surface area (TPSA) is 156 Å². The molecular formula is C20H13N3O8S2. The maximum absolute atomic E-state index is 12.6. The van der Waals surface area contributed by atoms with E-state index in [1.165, 1.54) is 35.7 Å². The quantitative estimate of drug-likeness (QED) is 0.257. The molecule has 1 heterocycles. The third-order valence-corrected chi connectivity index (χ3v) is 7.86. The lowest BCUT2D eigenvalue weighted by Gasteiger charge is -2.09. The second kappa shape index (κ2) is 8.01. The summed E-state index contributed by atoms with van der Waals surface area (Å²) >= 11 is 2.71. The number of hydrogen-bond donors (Lipinski definition) is 0. The van der Waals surface area contributed by atoms with Crippen LogP contribution in [0.5, 0.6) is 0 Å². The number of ether oxygens (including phenoxy) is 1. The van der Waals surface area contributed by atoms with Crippen LogP contribution in [0.15, 0.2) is 38.3 Å². The molecule has 4 rings (SSSR count). The van der Waals surface area contributed by atoms with Crippen molar-refractivity contribution in [3.8, 4) is 11.1 Å². The summed E-state index contributed by atoms with van der Waals surface area (Å²) in [5.41, 5.74) is -0.922. The number of rotatable bonds is 4. The van der Waals surface area contributed by atoms with E-state index in [1.807, 2.05) is 13.8 Å². The monoisotopic (exact) mass is 487 g/mol. The Morgan fingerprint density at radius 1 is 0.818 bits per heavy atom. The number of hydrogen-bond acceptors (Lipinski definition) is 10. The zero-order valence-corrected chi connectivity index (χ0v) is 18.9. The minimum atomic E-state index is -0.919. The number of methoxy groups -OCH3 is 1. The van der Waals surface area contributed by atoms with Crippen LogP contribution in [-0.4, -0.2) is 27.8 Å². The van der Waals surface area contributed by atoms with Crippen LogP contribution in [0.4, 0.5) is 17.1 Å². The number of carbonyl (C=O) groups excluding carboxylic acids is 1. The molecule has 2 aromatic rings. The average molecular weight is 487 g/mol. The van der Waals surface area contributed by atoms with Crippen LogP contribution >= 0.6 is 23.5 Å². The molecule has 0 amide bonds. The smallest absolute Gasteiger partial charge is 0.338 e. The highest BCUT2D eigenvalue weighted by Gasteiger charge is 2.40. The fourth-order valence-electron chi connectivity index (χ4n) is 3.70. The van der Waals surface area contributed by atoms with Gasteiger partial charge in [0.05, 0.1) is 43.3 Å². The molecule has 0 bridgehead atoms. The van der Waals surface area contributed by atoms with E-state index in [1.54, 1.807) is 0 Å². The summed E-state index contributed by atoms with van der Waals surface area (Å²) < 4.78 is 5.44. The molecule has 0 N–H and O–H groups in total. The summed E-state index contributed by atoms with van der Waals surface area (Å²) in [6.45, 7) is 3.75. The first-order valence-electron chi connectivity index (χ1n) is 9.21. The van der Waals surface area contributed by atoms with Gasteiger partial charge in [-0.05, 0) is 29.2 Å². The minimum absolute atomic E-state index is 0.0122. The van der Waals surface area contributed by atoms with Gasteiger partial charge in [0.1, 0.15) is 0 Å². The van der Waals surface area contributed by atoms with Gasteiger partial charge in [0.2, 0.25) is 0 Å². The maximum atomic E-state index is 12.6. The Morgan fingerprint density at radius 2 is 1.33 bits per heavy atom. The molecule has 2 aromatic carbocycles. The molecule has 13 heteroatoms. The molecule has 0 radical (unpaired) electrons. The predicted molar refractivity (Wildman–Crippen MR) is 123 cm³/mol. The van der Waals surface area contributed by atoms with Gasteiger partial charge in [0.25, 0.3) is 17.1 Å². The number of carbonyl (C=O) groups is 1. The molecule has 0 aromatic heterocycles. The standard InChI is InChI=1S/C20H13N3O8S2/c1-8-9(2)33-20(32-8)17-12-4-10(21(25)26)6-14(19(24)31-3)16(12)18-13(17)5-11(22(27)28)7-15(18)23(29)30/h4-7H,1-3H3. The van der Waals surface area contributed by atoms with Crippen LogP contribution in [-0.2, 0) is 4.74 Å². The Balaban J connectivity index is 2.21. The van der Waals surface area contributed by atoms with Gasteiger partial charge >= 0.3 is 5.97 Å². The van der Waals surface area contributed by atoms with Crippen molar-refractivity contribution in [1.82, 2.24) is 0 Å². The Morgan fingerprint density at radius 3 is 1.82 bits per heavy atom. The van der Waals surface area contributed by atoms with E-state index < -0.39 is 37.8 Å². The number of thioether (sulfide) groups is 2. The summed E-state index contributed by atoms with van der Waals surface area (Å²) in [5, 5.41) is 35.1. The van der Waals surface area contributed by atoms with Crippen LogP contribution in [0.3, 0.4) is 0 Å². The first kappa shape index (κ1) is 22.5. The molecule has 0 fully saturated rings. The molecule has 1 aliphatic heterocycles. The Kier molecular flexibility index (Phi) is 5.46. The molecule has 33 heavy (non-hydrogen) atoms. The van der Waals surface area contributed by atoms with Gasteiger partial charge in [0.15, 0.2) is 0 Å². The second-order valence-corrected chi connectivity index (χ2v) is 9.75. The van der Waals surface area contributed by atoms with Gasteiger partial charge < -0.3 is 4.74 Å². The number of nitro benzene ring substituents is 3. The molecule has 11 nitrogen and oxygen atoms in total. The highest BCUT2D eigenvalue weighted by molar-refractivity contribution is 8.28. The highest BCUT2D eigenvalue weighted by atomic mass is 32.2. The number of nitrogens with zero attached hydrogens (tertiary/aromatic N) is 3. The molecule has 0 spiro atoms. The van der Waals surface area contributed by atoms with E-state index >= 15 is 0 Å². The van der Waals surface area contributed by atoms with E-state index in [0.29, 0.717) is 9.81 Å². The molecule has 1 aliphatic carbocycles. The summed E-state index contributed by atoms with van der Waals surface area (Å²) in [6, 6.07) is 4.24. The normalized spacial score (nSPS) is 14.3. The lowest BCUT2D eigenvalue weighted by Crippen LogP contribution is -2.06. The first-order chi connectivity index (χ1) is 15.5. The van der Waals surface area contributed by atoms with Gasteiger partial charge in [-0.2, -0.15) is 0 Å². The summed E-state index contributed by atoms with van der Waals surface area (Å²) in [5.74, 6) is -0.919. The van der Waals surface area contributed by atoms with E-state index in [-0.39, 0.29) is 27.8 Å². The van der Waals surface area contributed by atoms with E-state index in [2.05, 4.69) is 0 Å². The van der Waals surface area contributed by atoms with Crippen molar-refractivity contribution >= 4 is 52.1 Å². The number of fused-ring (bicyclic) bond motifs is 3. The van der Waals surface area contributed by atoms with Crippen molar-refractivity contribution < 1.29 is 24.3 Å². The maximum Gasteiger partial charge on any atom is 0.338 e. The Labute approximate surface area is 193 Å². The average Bonchev–Trinajstić information content (AvgIpc) is 3.27. The highest BCUT2D eigenvalue weighted by Crippen LogP contribution is 2.59. The Hall–Kier alpha value is -3.71. The molecule has 0 atom stereocenters. The molecule has 0 saturated heterocycles. The summed E-state index contributed by atoms with van der Waals surface area (Å²) in [6.07, 6.45) is 0. The predicted octanol–water partition coefficient (Wildman–Crippen LogP) is 5.63. The summed E-state index contributed by atoms with van der Waals surface area (Å²) in [4.78, 5) is 47.4. The van der Waals surface area contributed by atoms with Crippen LogP contribution in [0, 0.1) is 30.3 Å². The van der Waals surface area contributed by atoms with Gasteiger partial charge in [-0.3, -0.25) is 30.3 Å². The number of benzene rings is 2. The first-order valence-corrected chi connectivity index (χ1v) is 10.8. The van der Waals surface area contributed by atoms with Crippen molar-refractivity contribution in [2.45, 2.75) is 13.8 Å². The number of nitro groups is 3. The number of allylic oxidation sites excluding steroid dienone is 2. The number of esters is 1. The molecule has 2 aliphatic rings. The molecular weight excluding hydrogens is 474 g/mol. The van der Waals surface area contributed by atoms with Crippen molar-refractivity contribution in [2.75, 3.05) is 7.11 Å². The molecule has 168 valence electrons. The number of non-ortho nitro benzene ring substituents is 2. The molecule has 0 unspecified atom stereocenters. The van der Waals surface area contributed by atoms with Crippen molar-refractivity contribution in [3.05, 3.63) is 85.3 Å². The lowest BCUT2D eigenvalue weighted by molar-refractivity contribution is -0.393. The summed E-state index contributed by atoms with van der Waals surface area (Å²) in [7, 11) is 1.09. The van der Waals surface area contributed by atoms with Gasteiger partial charge in [-0.15, -0.1) is 0 Å². The fraction of sp³-hybridized carbons (Fsp3) is 0.150. The van der Waals surface area contributed by atoms with Crippen LogP contribution in [0.25, 0.3) is 16.7 Å². The van der Waals surface area contributed by atoms with Crippen LogP contribution in [0.2, 0.25) is 0 Å². The van der Waals surface area contributed by atoms with Gasteiger partial charge in [-0.25, -0.2) is 4.79 Å². The van der Waals surface area contributed by atoms with Crippen molar-refractivity contribution in [2.24, 2.45) is 0 Å². The Bertz CT molecular complexity index is 1360. The van der Waals surface area contributed by atoms with E-state index in [0.717, 1.165) is 29.1 Å². The third-order valence-electron chi connectivity index (χ3n) is 5.23. The van der Waals surface area contributed by atoms with Crippen LogP contribution < -0.4 is 0 Å². The zero-order chi connectivity index (χ0) is 24.2. The second-order valence-electron chi connectivity index (χ2n) is 7.05. The lowest BCUT2D eigenvalue weighted by atomic mass is 9.97. The van der Waals surface area contributed by atoms with Crippen molar-refractivity contribution in [3.63, 3.8) is 0 Å². The third kappa shape index (κ3) is 3.54. The molecule has 0 saturated carbocycles. The van der Waals surface area contributed by atoms with Gasteiger partial charge in [-0.1, -0.05) is 23.5 Å². The zero-order valence-electron chi connectivity index (χ0n) is 17.2. The van der Waals surface area contributed by atoms with Crippen LogP contribution in [0.1, 0.15) is 35.3 Å². The van der Waals surface area contributed by atoms with E-state index in [9.17, 15) is 35.1 Å². The van der Waals surface area contributed by atoms with Gasteiger partial charge in [0, 0.05) is 34.9 Å².